The highest BCUT2D eigenvalue weighted by Gasteiger charge is 2.30. The average molecular weight is 202 g/mol. The molecule has 0 saturated heterocycles. The number of aliphatic hydroxyl groups is 1. The highest BCUT2D eigenvalue weighted by molar-refractivity contribution is 8.15. The van der Waals surface area contributed by atoms with Gasteiger partial charge in [-0.25, -0.2) is 0 Å². The van der Waals surface area contributed by atoms with Crippen LogP contribution in [0.4, 0.5) is 0 Å². The maximum absolute atomic E-state index is 11.3. The predicted molar refractivity (Wildman–Crippen MR) is 53.7 cm³/mol. The van der Waals surface area contributed by atoms with Crippen LogP contribution in [0.15, 0.2) is 4.99 Å². The zero-order chi connectivity index (χ0) is 9.84. The molecule has 1 amide bonds. The van der Waals surface area contributed by atoms with Crippen LogP contribution in [0.1, 0.15) is 13.8 Å². The minimum atomic E-state index is -0.0690. The second kappa shape index (κ2) is 4.62. The van der Waals surface area contributed by atoms with Gasteiger partial charge in [-0.3, -0.25) is 4.79 Å². The quantitative estimate of drug-likeness (QED) is 0.687. The first-order valence-electron chi connectivity index (χ1n) is 4.29. The summed E-state index contributed by atoms with van der Waals surface area (Å²) >= 11 is 1.45. The number of rotatable bonds is 3. The van der Waals surface area contributed by atoms with E-state index >= 15 is 0 Å². The molecule has 74 valence electrons. The molecule has 1 rings (SSSR count). The fourth-order valence-electron chi connectivity index (χ4n) is 1.03. The number of amidine groups is 1. The van der Waals surface area contributed by atoms with Gasteiger partial charge in [0.15, 0.2) is 5.17 Å². The Bertz CT molecular complexity index is 228. The standard InChI is InChI=1S/C8H14N2O2S/c1-5(2)6-7(12)10-8(13-6)9-3-4-11/h5-6,11H,3-4H2,1-2H3,(H,9,10,12). The molecule has 1 aliphatic rings. The van der Waals surface area contributed by atoms with E-state index in [0.717, 1.165) is 0 Å². The van der Waals surface area contributed by atoms with Gasteiger partial charge in [-0.15, -0.1) is 0 Å². The summed E-state index contributed by atoms with van der Waals surface area (Å²) in [6, 6.07) is 0. The molecular weight excluding hydrogens is 188 g/mol. The third-order valence-corrected chi connectivity index (χ3v) is 3.15. The Morgan fingerprint density at radius 2 is 2.38 bits per heavy atom. The number of hydrogen-bond acceptors (Lipinski definition) is 4. The molecule has 1 aliphatic heterocycles. The average Bonchev–Trinajstić information content (AvgIpc) is 2.43. The molecule has 0 fully saturated rings. The Hall–Kier alpha value is -0.550. The third-order valence-electron chi connectivity index (χ3n) is 1.69. The van der Waals surface area contributed by atoms with Crippen LogP contribution in [-0.4, -0.2) is 34.6 Å². The number of carbonyl (C=O) groups is 1. The molecule has 4 nitrogen and oxygen atoms in total. The number of aliphatic hydroxyl groups excluding tert-OH is 1. The van der Waals surface area contributed by atoms with E-state index in [0.29, 0.717) is 17.6 Å². The zero-order valence-electron chi connectivity index (χ0n) is 7.78. The van der Waals surface area contributed by atoms with E-state index in [4.69, 9.17) is 5.11 Å². The highest BCUT2D eigenvalue weighted by atomic mass is 32.2. The molecule has 1 unspecified atom stereocenters. The summed E-state index contributed by atoms with van der Waals surface area (Å²) in [5, 5.41) is 12.0. The minimum absolute atomic E-state index is 0.0545. The molecule has 5 heteroatoms. The number of carbonyl (C=O) groups excluding carboxylic acids is 1. The largest absolute Gasteiger partial charge is 0.395 e. The summed E-state index contributed by atoms with van der Waals surface area (Å²) < 4.78 is 0. The smallest absolute Gasteiger partial charge is 0.261 e. The molecule has 0 spiro atoms. The van der Waals surface area contributed by atoms with E-state index in [2.05, 4.69) is 10.3 Å². The summed E-state index contributed by atoms with van der Waals surface area (Å²) in [5.41, 5.74) is 0. The maximum atomic E-state index is 11.3. The molecule has 13 heavy (non-hydrogen) atoms. The summed E-state index contributed by atoms with van der Waals surface area (Å²) in [6.45, 7) is 4.50. The van der Waals surface area contributed by atoms with Gasteiger partial charge in [-0.1, -0.05) is 25.6 Å². The minimum Gasteiger partial charge on any atom is -0.395 e. The lowest BCUT2D eigenvalue weighted by Crippen LogP contribution is -2.23. The molecule has 1 heterocycles. The van der Waals surface area contributed by atoms with Crippen molar-refractivity contribution in [3.8, 4) is 0 Å². The first-order valence-corrected chi connectivity index (χ1v) is 5.17. The van der Waals surface area contributed by atoms with Crippen molar-refractivity contribution in [3.63, 3.8) is 0 Å². The van der Waals surface area contributed by atoms with Gasteiger partial charge < -0.3 is 10.4 Å². The van der Waals surface area contributed by atoms with Gasteiger partial charge in [-0.2, -0.15) is 4.99 Å². The van der Waals surface area contributed by atoms with Crippen LogP contribution in [-0.2, 0) is 4.79 Å². The van der Waals surface area contributed by atoms with Crippen molar-refractivity contribution in [1.82, 2.24) is 5.32 Å². The van der Waals surface area contributed by atoms with E-state index in [-0.39, 0.29) is 17.8 Å². The molecule has 2 N–H and O–H groups in total. The number of amides is 1. The Balaban J connectivity index is 2.45. The van der Waals surface area contributed by atoms with E-state index < -0.39 is 0 Å². The van der Waals surface area contributed by atoms with Crippen molar-refractivity contribution in [2.45, 2.75) is 19.1 Å². The van der Waals surface area contributed by atoms with E-state index in [1.807, 2.05) is 13.8 Å². The van der Waals surface area contributed by atoms with Crippen LogP contribution in [0, 0.1) is 5.92 Å². The summed E-state index contributed by atoms with van der Waals surface area (Å²) in [7, 11) is 0. The molecular formula is C8H14N2O2S. The lowest BCUT2D eigenvalue weighted by molar-refractivity contribution is -0.117. The molecule has 0 radical (unpaired) electrons. The number of thioether (sulfide) groups is 1. The van der Waals surface area contributed by atoms with Crippen LogP contribution in [0.3, 0.4) is 0 Å². The normalized spacial score (nSPS) is 22.3. The lowest BCUT2D eigenvalue weighted by Gasteiger charge is -2.10. The highest BCUT2D eigenvalue weighted by Crippen LogP contribution is 2.26. The fraction of sp³-hybridized carbons (Fsp3) is 0.750. The van der Waals surface area contributed by atoms with Crippen LogP contribution < -0.4 is 5.32 Å². The Kier molecular flexibility index (Phi) is 3.74. The van der Waals surface area contributed by atoms with Crippen molar-refractivity contribution >= 4 is 22.8 Å². The maximum Gasteiger partial charge on any atom is 0.261 e. The SMILES string of the molecule is CC(C)C1SC(NCCO)=NC1=O. The number of aliphatic imine (C=N–C) groups is 1. The van der Waals surface area contributed by atoms with Gasteiger partial charge in [0.2, 0.25) is 0 Å². The Morgan fingerprint density at radius 1 is 1.69 bits per heavy atom. The fourth-order valence-corrected chi connectivity index (χ4v) is 2.02. The number of nitrogens with one attached hydrogen (secondary N) is 1. The van der Waals surface area contributed by atoms with Gasteiger partial charge in [0.25, 0.3) is 5.91 Å². The van der Waals surface area contributed by atoms with Crippen molar-refractivity contribution in [3.05, 3.63) is 0 Å². The lowest BCUT2D eigenvalue weighted by atomic mass is 10.1. The van der Waals surface area contributed by atoms with Crippen molar-refractivity contribution in [2.75, 3.05) is 13.2 Å². The zero-order valence-corrected chi connectivity index (χ0v) is 8.60. The third kappa shape index (κ3) is 2.70. The Morgan fingerprint density at radius 3 is 2.85 bits per heavy atom. The van der Waals surface area contributed by atoms with Crippen LogP contribution in [0.25, 0.3) is 0 Å². The van der Waals surface area contributed by atoms with E-state index in [9.17, 15) is 4.79 Å². The van der Waals surface area contributed by atoms with Gasteiger partial charge in [0.1, 0.15) is 0 Å². The molecule has 0 bridgehead atoms. The second-order valence-electron chi connectivity index (χ2n) is 3.19. The molecule has 0 aromatic carbocycles. The predicted octanol–water partition coefficient (Wildman–Crippen LogP) is 0.222. The van der Waals surface area contributed by atoms with Crippen LogP contribution in [0.2, 0.25) is 0 Å². The molecule has 1 atom stereocenters. The van der Waals surface area contributed by atoms with Gasteiger partial charge >= 0.3 is 0 Å². The van der Waals surface area contributed by atoms with E-state index in [1.54, 1.807) is 0 Å². The Labute approximate surface area is 81.8 Å². The van der Waals surface area contributed by atoms with Crippen LogP contribution in [0.5, 0.6) is 0 Å². The number of nitrogens with zero attached hydrogens (tertiary/aromatic N) is 1. The topological polar surface area (TPSA) is 61.7 Å². The van der Waals surface area contributed by atoms with Gasteiger partial charge in [-0.05, 0) is 5.92 Å². The molecule has 0 aromatic heterocycles. The molecule has 0 aliphatic carbocycles. The summed E-state index contributed by atoms with van der Waals surface area (Å²) in [5.74, 6) is 0.232. The van der Waals surface area contributed by atoms with Gasteiger partial charge in [0.05, 0.1) is 11.9 Å². The van der Waals surface area contributed by atoms with Crippen LogP contribution >= 0.6 is 11.8 Å². The summed E-state index contributed by atoms with van der Waals surface area (Å²) in [4.78, 5) is 15.1. The van der Waals surface area contributed by atoms with Crippen molar-refractivity contribution in [1.29, 1.82) is 0 Å². The van der Waals surface area contributed by atoms with E-state index in [1.165, 1.54) is 11.8 Å². The molecule has 0 aromatic rings. The van der Waals surface area contributed by atoms with Gasteiger partial charge in [0, 0.05) is 6.54 Å². The second-order valence-corrected chi connectivity index (χ2v) is 4.32. The van der Waals surface area contributed by atoms with Crippen molar-refractivity contribution < 1.29 is 9.90 Å². The molecule has 0 saturated carbocycles. The van der Waals surface area contributed by atoms with Crippen molar-refractivity contribution in [2.24, 2.45) is 10.9 Å². The monoisotopic (exact) mass is 202 g/mol. The first kappa shape index (κ1) is 10.5. The number of hydrogen-bond donors (Lipinski definition) is 2. The summed E-state index contributed by atoms with van der Waals surface area (Å²) in [6.07, 6.45) is 0. The first-order chi connectivity index (χ1) is 6.15.